The van der Waals surface area contributed by atoms with Crippen molar-refractivity contribution in [2.45, 2.75) is 32.8 Å². The molecule has 2 aromatic rings. The predicted molar refractivity (Wildman–Crippen MR) is 93.2 cm³/mol. The first kappa shape index (κ1) is 16.4. The second-order valence-corrected chi connectivity index (χ2v) is 6.35. The summed E-state index contributed by atoms with van der Waals surface area (Å²) >= 11 is 0. The molecule has 24 heavy (non-hydrogen) atoms. The molecule has 124 valence electrons. The lowest BCUT2D eigenvalue weighted by Crippen LogP contribution is -2.41. The molecule has 1 atom stereocenters. The van der Waals surface area contributed by atoms with Crippen LogP contribution in [0.4, 0.5) is 5.69 Å². The highest BCUT2D eigenvalue weighted by atomic mass is 16.3. The van der Waals surface area contributed by atoms with Crippen molar-refractivity contribution in [1.29, 1.82) is 0 Å². The van der Waals surface area contributed by atoms with Gasteiger partial charge in [-0.25, -0.2) is 0 Å². The maximum absolute atomic E-state index is 12.8. The highest BCUT2D eigenvalue weighted by Gasteiger charge is 2.50. The van der Waals surface area contributed by atoms with Crippen molar-refractivity contribution < 1.29 is 14.7 Å². The highest BCUT2D eigenvalue weighted by Crippen LogP contribution is 2.42. The Kier molecular flexibility index (Phi) is 4.01. The maximum Gasteiger partial charge on any atom is 0.264 e. The summed E-state index contributed by atoms with van der Waals surface area (Å²) in [5.74, 6) is -0.652. The number of carbonyl (C=O) groups excluding carboxylic acids is 2. The number of para-hydroxylation sites is 1. The van der Waals surface area contributed by atoms with Crippen LogP contribution in [-0.4, -0.2) is 23.3 Å². The van der Waals surface area contributed by atoms with Crippen molar-refractivity contribution >= 4 is 17.4 Å². The third kappa shape index (κ3) is 2.43. The summed E-state index contributed by atoms with van der Waals surface area (Å²) in [6.07, 6.45) is -0.247. The molecule has 0 bridgehead atoms. The van der Waals surface area contributed by atoms with Crippen LogP contribution >= 0.6 is 0 Å². The normalized spacial score (nSPS) is 19.5. The van der Waals surface area contributed by atoms with Crippen molar-refractivity contribution in [1.82, 2.24) is 0 Å². The van der Waals surface area contributed by atoms with Gasteiger partial charge in [0.15, 0.2) is 11.4 Å². The van der Waals surface area contributed by atoms with Crippen LogP contribution in [0.15, 0.2) is 42.5 Å². The number of benzene rings is 2. The zero-order valence-electron chi connectivity index (χ0n) is 14.2. The molecule has 0 spiro atoms. The number of Topliss-reactive ketones (excluding diaryl/α,β-unsaturated/α-hetero) is 1. The van der Waals surface area contributed by atoms with E-state index in [0.29, 0.717) is 23.4 Å². The number of hydrogen-bond donors (Lipinski definition) is 1. The van der Waals surface area contributed by atoms with E-state index in [0.717, 1.165) is 11.1 Å². The third-order valence-electron chi connectivity index (χ3n) is 4.65. The molecule has 1 aliphatic rings. The van der Waals surface area contributed by atoms with Crippen LogP contribution in [-0.2, 0) is 10.4 Å². The zero-order valence-corrected chi connectivity index (χ0v) is 14.2. The number of aliphatic hydroxyl groups is 1. The summed E-state index contributed by atoms with van der Waals surface area (Å²) in [4.78, 5) is 27.0. The van der Waals surface area contributed by atoms with E-state index in [1.807, 2.05) is 39.0 Å². The van der Waals surface area contributed by atoms with Gasteiger partial charge >= 0.3 is 0 Å². The average molecular weight is 323 g/mol. The molecule has 2 aromatic carbocycles. The maximum atomic E-state index is 12.8. The minimum absolute atomic E-state index is 0.226. The van der Waals surface area contributed by atoms with Gasteiger partial charge in [-0.05, 0) is 32.4 Å². The van der Waals surface area contributed by atoms with E-state index in [-0.39, 0.29) is 12.2 Å². The smallest absolute Gasteiger partial charge is 0.264 e. The summed E-state index contributed by atoms with van der Waals surface area (Å²) < 4.78 is 0. The van der Waals surface area contributed by atoms with Crippen molar-refractivity contribution in [2.75, 3.05) is 11.4 Å². The number of hydrogen-bond acceptors (Lipinski definition) is 3. The van der Waals surface area contributed by atoms with Gasteiger partial charge in [0.2, 0.25) is 0 Å². The van der Waals surface area contributed by atoms with Gasteiger partial charge in [-0.1, -0.05) is 42.0 Å². The predicted octanol–water partition coefficient (Wildman–Crippen LogP) is 3.13. The summed E-state index contributed by atoms with van der Waals surface area (Å²) in [7, 11) is 0. The Balaban J connectivity index is 1.99. The van der Waals surface area contributed by atoms with Crippen LogP contribution in [0.3, 0.4) is 0 Å². The Bertz CT molecular complexity index is 827. The molecule has 0 radical (unpaired) electrons. The van der Waals surface area contributed by atoms with Gasteiger partial charge in [-0.3, -0.25) is 9.59 Å². The van der Waals surface area contributed by atoms with Crippen molar-refractivity contribution in [3.63, 3.8) is 0 Å². The molecule has 0 aliphatic carbocycles. The van der Waals surface area contributed by atoms with Crippen molar-refractivity contribution in [3.8, 4) is 0 Å². The summed E-state index contributed by atoms with van der Waals surface area (Å²) in [5.41, 5.74) is 1.88. The van der Waals surface area contributed by atoms with Gasteiger partial charge < -0.3 is 10.0 Å². The second kappa shape index (κ2) is 5.87. The lowest BCUT2D eigenvalue weighted by atomic mass is 9.87. The van der Waals surface area contributed by atoms with Crippen LogP contribution in [0, 0.1) is 13.8 Å². The first-order chi connectivity index (χ1) is 11.4. The molecule has 0 fully saturated rings. The van der Waals surface area contributed by atoms with E-state index in [2.05, 4.69) is 0 Å². The highest BCUT2D eigenvalue weighted by molar-refractivity contribution is 6.11. The minimum Gasteiger partial charge on any atom is -0.375 e. The molecule has 0 aromatic heterocycles. The molecule has 1 amide bonds. The van der Waals surface area contributed by atoms with E-state index in [9.17, 15) is 14.7 Å². The third-order valence-corrected chi connectivity index (χ3v) is 4.65. The molecular formula is C20H21NO3. The van der Waals surface area contributed by atoms with Crippen LogP contribution in [0.1, 0.15) is 40.4 Å². The number of rotatable bonds is 4. The molecule has 4 nitrogen and oxygen atoms in total. The zero-order chi connectivity index (χ0) is 17.5. The fourth-order valence-corrected chi connectivity index (χ4v) is 3.45. The summed E-state index contributed by atoms with van der Waals surface area (Å²) in [5, 5.41) is 11.1. The van der Waals surface area contributed by atoms with Crippen LogP contribution < -0.4 is 4.90 Å². The van der Waals surface area contributed by atoms with Gasteiger partial charge in [0.05, 0.1) is 12.1 Å². The first-order valence-electron chi connectivity index (χ1n) is 8.12. The molecular weight excluding hydrogens is 302 g/mol. The van der Waals surface area contributed by atoms with Crippen LogP contribution in [0.5, 0.6) is 0 Å². The number of anilines is 1. The van der Waals surface area contributed by atoms with Gasteiger partial charge in [0, 0.05) is 17.7 Å². The van der Waals surface area contributed by atoms with E-state index in [1.54, 1.807) is 24.3 Å². The van der Waals surface area contributed by atoms with Crippen molar-refractivity contribution in [2.24, 2.45) is 0 Å². The Morgan fingerprint density at radius 2 is 1.88 bits per heavy atom. The van der Waals surface area contributed by atoms with Gasteiger partial charge in [-0.2, -0.15) is 0 Å². The van der Waals surface area contributed by atoms with E-state index in [4.69, 9.17) is 0 Å². The Labute approximate surface area is 141 Å². The molecule has 0 unspecified atom stereocenters. The lowest BCUT2D eigenvalue weighted by Gasteiger charge is -2.22. The monoisotopic (exact) mass is 323 g/mol. The number of nitrogens with zero attached hydrogens (tertiary/aromatic N) is 1. The molecule has 3 rings (SSSR count). The summed E-state index contributed by atoms with van der Waals surface area (Å²) in [6.45, 7) is 6.14. The Hall–Kier alpha value is -2.46. The van der Waals surface area contributed by atoms with Gasteiger partial charge in [0.1, 0.15) is 0 Å². The molecule has 0 saturated heterocycles. The Morgan fingerprint density at radius 3 is 2.54 bits per heavy atom. The average Bonchev–Trinajstić information content (AvgIpc) is 2.75. The molecule has 0 saturated carbocycles. The number of likely N-dealkylation sites (N-methyl/N-ethyl adjacent to an activating group) is 1. The van der Waals surface area contributed by atoms with Crippen LogP contribution in [0.25, 0.3) is 0 Å². The van der Waals surface area contributed by atoms with Crippen molar-refractivity contribution in [3.05, 3.63) is 64.7 Å². The largest absolute Gasteiger partial charge is 0.375 e. The molecule has 1 heterocycles. The number of fused-ring (bicyclic) bond motifs is 1. The number of aryl methyl sites for hydroxylation is 2. The number of carbonyl (C=O) groups is 2. The second-order valence-electron chi connectivity index (χ2n) is 6.35. The molecule has 1 aliphatic heterocycles. The lowest BCUT2D eigenvalue weighted by molar-refractivity contribution is -0.135. The van der Waals surface area contributed by atoms with Crippen LogP contribution in [0.2, 0.25) is 0 Å². The number of ketones is 1. The molecule has 4 heteroatoms. The Morgan fingerprint density at radius 1 is 1.17 bits per heavy atom. The molecule has 1 N–H and O–H groups in total. The fourth-order valence-electron chi connectivity index (χ4n) is 3.45. The van der Waals surface area contributed by atoms with Gasteiger partial charge in [0.25, 0.3) is 5.91 Å². The fraction of sp³-hybridized carbons (Fsp3) is 0.300. The van der Waals surface area contributed by atoms with E-state index < -0.39 is 11.5 Å². The summed E-state index contributed by atoms with van der Waals surface area (Å²) in [6, 6.07) is 12.7. The first-order valence-corrected chi connectivity index (χ1v) is 8.12. The topological polar surface area (TPSA) is 57.6 Å². The van der Waals surface area contributed by atoms with Gasteiger partial charge in [-0.15, -0.1) is 0 Å². The number of amides is 1. The minimum atomic E-state index is -1.79. The SMILES string of the molecule is CCN1C(=O)[C@@](O)(CC(=O)c2ccc(C)cc2C)c2ccccc21. The standard InChI is InChI=1S/C20H21NO3/c1-4-21-17-8-6-5-7-16(17)20(24,19(21)23)12-18(22)15-10-9-13(2)11-14(15)3/h5-11,24H,4,12H2,1-3H3/t20-/m1/s1. The van der Waals surface area contributed by atoms with E-state index >= 15 is 0 Å². The van der Waals surface area contributed by atoms with E-state index in [1.165, 1.54) is 4.90 Å². The quantitative estimate of drug-likeness (QED) is 0.880.